The topological polar surface area (TPSA) is 55.1 Å². The number of nitrogens with two attached hydrogens (primary N) is 1. The molecule has 1 aliphatic carbocycles. The van der Waals surface area contributed by atoms with Crippen molar-refractivity contribution < 1.29 is 4.79 Å². The predicted molar refractivity (Wildman–Crippen MR) is 39.6 cm³/mol. The third-order valence-corrected chi connectivity index (χ3v) is 1.95. The monoisotopic (exact) mass is 142 g/mol. The predicted octanol–water partition coefficient (Wildman–Crippen LogP) is 0.987. The smallest absolute Gasteiger partial charge is 0.312 e. The minimum atomic E-state index is -0.382. The number of amides is 2. The molecule has 1 rings (SSSR count). The second-order valence-electron chi connectivity index (χ2n) is 2.84. The van der Waals surface area contributed by atoms with Crippen molar-refractivity contribution in [2.75, 3.05) is 0 Å². The fourth-order valence-corrected chi connectivity index (χ4v) is 1.45. The molecule has 58 valence electrons. The second-order valence-corrected chi connectivity index (χ2v) is 2.84. The molecule has 0 unspecified atom stereocenters. The number of hydrogen-bond donors (Lipinski definition) is 2. The van der Waals surface area contributed by atoms with Crippen LogP contribution in [-0.2, 0) is 0 Å². The summed E-state index contributed by atoms with van der Waals surface area (Å²) in [5.74, 6) is 0. The van der Waals surface area contributed by atoms with Gasteiger partial charge in [0, 0.05) is 6.04 Å². The average Bonchev–Trinajstić information content (AvgIpc) is 1.88. The largest absolute Gasteiger partial charge is 0.352 e. The summed E-state index contributed by atoms with van der Waals surface area (Å²) < 4.78 is 0. The average molecular weight is 142 g/mol. The molecule has 0 aromatic carbocycles. The summed E-state index contributed by atoms with van der Waals surface area (Å²) in [6.07, 6.45) is 5.96. The lowest BCUT2D eigenvalue weighted by atomic mass is 9.96. The van der Waals surface area contributed by atoms with Gasteiger partial charge in [-0.2, -0.15) is 0 Å². The van der Waals surface area contributed by atoms with Crippen molar-refractivity contribution in [3.8, 4) is 0 Å². The van der Waals surface area contributed by atoms with Crippen molar-refractivity contribution in [3.05, 3.63) is 0 Å². The molecular weight excluding hydrogens is 128 g/mol. The Labute approximate surface area is 61.0 Å². The Hall–Kier alpha value is -0.730. The zero-order valence-corrected chi connectivity index (χ0v) is 6.10. The molecule has 0 aromatic heterocycles. The molecule has 1 fully saturated rings. The third-order valence-electron chi connectivity index (χ3n) is 1.95. The van der Waals surface area contributed by atoms with Gasteiger partial charge < -0.3 is 11.1 Å². The minimum absolute atomic E-state index is 0.353. The Morgan fingerprint density at radius 3 is 2.40 bits per heavy atom. The lowest BCUT2D eigenvalue weighted by Gasteiger charge is -2.21. The number of primary amides is 1. The van der Waals surface area contributed by atoms with E-state index in [9.17, 15) is 4.79 Å². The van der Waals surface area contributed by atoms with E-state index in [4.69, 9.17) is 5.73 Å². The van der Waals surface area contributed by atoms with Crippen LogP contribution in [0.25, 0.3) is 0 Å². The van der Waals surface area contributed by atoms with E-state index in [2.05, 4.69) is 5.32 Å². The normalized spacial score (nSPS) is 20.4. The van der Waals surface area contributed by atoms with E-state index >= 15 is 0 Å². The fraction of sp³-hybridized carbons (Fsp3) is 0.857. The molecule has 10 heavy (non-hydrogen) atoms. The van der Waals surface area contributed by atoms with Gasteiger partial charge >= 0.3 is 6.03 Å². The highest BCUT2D eigenvalue weighted by molar-refractivity contribution is 5.71. The zero-order chi connectivity index (χ0) is 7.40. The molecular formula is C7H14N2O. The molecule has 1 aliphatic rings. The molecule has 0 atom stereocenters. The van der Waals surface area contributed by atoms with Gasteiger partial charge in [0.1, 0.15) is 0 Å². The number of urea groups is 1. The van der Waals surface area contributed by atoms with E-state index < -0.39 is 0 Å². The Bertz CT molecular complexity index is 119. The maximum Gasteiger partial charge on any atom is 0.312 e. The molecule has 0 saturated heterocycles. The molecule has 3 nitrogen and oxygen atoms in total. The maximum atomic E-state index is 10.4. The molecule has 0 spiro atoms. The minimum Gasteiger partial charge on any atom is -0.352 e. The second kappa shape index (κ2) is 3.44. The van der Waals surface area contributed by atoms with Gasteiger partial charge in [0.05, 0.1) is 0 Å². The molecule has 0 bridgehead atoms. The van der Waals surface area contributed by atoms with Gasteiger partial charge in [0.2, 0.25) is 0 Å². The van der Waals surface area contributed by atoms with Gasteiger partial charge in [-0.3, -0.25) is 0 Å². The lowest BCUT2D eigenvalue weighted by Crippen LogP contribution is -2.39. The molecule has 0 radical (unpaired) electrons. The quantitative estimate of drug-likeness (QED) is 0.563. The van der Waals surface area contributed by atoms with Crippen LogP contribution in [0.5, 0.6) is 0 Å². The highest BCUT2D eigenvalue weighted by Crippen LogP contribution is 2.16. The molecule has 1 saturated carbocycles. The van der Waals surface area contributed by atoms with Crippen molar-refractivity contribution in [1.82, 2.24) is 5.32 Å². The standard InChI is InChI=1S/C7H14N2O/c8-7(10)9-6-4-2-1-3-5-6/h6H,1-5H2,(H3,8,9,10). The van der Waals surface area contributed by atoms with Gasteiger partial charge in [0.25, 0.3) is 0 Å². The summed E-state index contributed by atoms with van der Waals surface area (Å²) in [6.45, 7) is 0. The van der Waals surface area contributed by atoms with Crippen LogP contribution in [0.4, 0.5) is 4.79 Å². The van der Waals surface area contributed by atoms with Crippen molar-refractivity contribution in [2.45, 2.75) is 38.1 Å². The van der Waals surface area contributed by atoms with E-state index in [0.717, 1.165) is 12.8 Å². The summed E-state index contributed by atoms with van der Waals surface area (Å²) in [7, 11) is 0. The number of hydrogen-bond acceptors (Lipinski definition) is 1. The van der Waals surface area contributed by atoms with Crippen molar-refractivity contribution >= 4 is 6.03 Å². The first-order chi connectivity index (χ1) is 4.79. The Morgan fingerprint density at radius 1 is 1.30 bits per heavy atom. The third kappa shape index (κ3) is 2.25. The lowest BCUT2D eigenvalue weighted by molar-refractivity contribution is 0.241. The Kier molecular flexibility index (Phi) is 2.54. The molecule has 0 heterocycles. The van der Waals surface area contributed by atoms with Gasteiger partial charge in [0.15, 0.2) is 0 Å². The van der Waals surface area contributed by atoms with Crippen LogP contribution in [-0.4, -0.2) is 12.1 Å². The Balaban J connectivity index is 2.19. The van der Waals surface area contributed by atoms with Crippen LogP contribution in [0.15, 0.2) is 0 Å². The molecule has 3 N–H and O–H groups in total. The molecule has 0 aliphatic heterocycles. The maximum absolute atomic E-state index is 10.4. The highest BCUT2D eigenvalue weighted by Gasteiger charge is 2.13. The summed E-state index contributed by atoms with van der Waals surface area (Å²) in [5, 5.41) is 2.72. The van der Waals surface area contributed by atoms with E-state index in [1.165, 1.54) is 19.3 Å². The van der Waals surface area contributed by atoms with Crippen molar-refractivity contribution in [2.24, 2.45) is 5.73 Å². The first kappa shape index (κ1) is 7.38. The van der Waals surface area contributed by atoms with Crippen LogP contribution < -0.4 is 11.1 Å². The number of carbonyl (C=O) groups is 1. The van der Waals surface area contributed by atoms with Crippen LogP contribution >= 0.6 is 0 Å². The van der Waals surface area contributed by atoms with Gasteiger partial charge in [-0.1, -0.05) is 19.3 Å². The first-order valence-corrected chi connectivity index (χ1v) is 3.85. The SMILES string of the molecule is NC(=O)NC1CCCCC1. The summed E-state index contributed by atoms with van der Waals surface area (Å²) >= 11 is 0. The van der Waals surface area contributed by atoms with Crippen molar-refractivity contribution in [3.63, 3.8) is 0 Å². The molecule has 2 amide bonds. The van der Waals surface area contributed by atoms with Gasteiger partial charge in [-0.05, 0) is 12.8 Å². The number of nitrogens with one attached hydrogen (secondary N) is 1. The molecule has 3 heteroatoms. The number of rotatable bonds is 1. The van der Waals surface area contributed by atoms with Crippen LogP contribution in [0.3, 0.4) is 0 Å². The summed E-state index contributed by atoms with van der Waals surface area (Å²) in [5.41, 5.74) is 4.97. The van der Waals surface area contributed by atoms with Crippen LogP contribution in [0.2, 0.25) is 0 Å². The summed E-state index contributed by atoms with van der Waals surface area (Å²) in [6, 6.07) is -0.0295. The van der Waals surface area contributed by atoms with E-state index in [1.54, 1.807) is 0 Å². The van der Waals surface area contributed by atoms with Gasteiger partial charge in [-0.25, -0.2) is 4.79 Å². The van der Waals surface area contributed by atoms with E-state index in [-0.39, 0.29) is 6.03 Å². The fourth-order valence-electron chi connectivity index (χ4n) is 1.45. The first-order valence-electron chi connectivity index (χ1n) is 3.85. The van der Waals surface area contributed by atoms with Crippen molar-refractivity contribution in [1.29, 1.82) is 0 Å². The van der Waals surface area contributed by atoms with E-state index in [0.29, 0.717) is 6.04 Å². The number of carbonyl (C=O) groups excluding carboxylic acids is 1. The zero-order valence-electron chi connectivity index (χ0n) is 6.10. The van der Waals surface area contributed by atoms with Crippen LogP contribution in [0.1, 0.15) is 32.1 Å². The van der Waals surface area contributed by atoms with Crippen LogP contribution in [0, 0.1) is 0 Å². The molecule has 0 aromatic rings. The van der Waals surface area contributed by atoms with Gasteiger partial charge in [-0.15, -0.1) is 0 Å². The Morgan fingerprint density at radius 2 is 1.90 bits per heavy atom. The highest BCUT2D eigenvalue weighted by atomic mass is 16.2. The summed E-state index contributed by atoms with van der Waals surface area (Å²) in [4.78, 5) is 10.4. The van der Waals surface area contributed by atoms with E-state index in [1.807, 2.05) is 0 Å².